The number of nitrogens with two attached hydrogens (primary N) is 1. The van der Waals surface area contributed by atoms with Gasteiger partial charge in [0.15, 0.2) is 6.10 Å². The number of phosphoric ester groups is 1. The molecule has 9 nitrogen and oxygen atoms in total. The summed E-state index contributed by atoms with van der Waals surface area (Å²) in [4.78, 5) is 33.5. The lowest BCUT2D eigenvalue weighted by atomic mass is 10.1. The van der Waals surface area contributed by atoms with Crippen molar-refractivity contribution in [3.05, 3.63) is 0 Å². The standard InChI is InChI=1S/C21H42NO8P/c1-3-5-7-8-9-10-11-12-14-20(23)27-17-19(30-21(24)13-6-4-2)18-29-31(25,26)28-16-15-22/h19H,3-18,22H2,1-2H3,(H,25,26)/t19-/m1/s1. The molecule has 0 aliphatic carbocycles. The first-order valence-corrected chi connectivity index (χ1v) is 13.0. The maximum absolute atomic E-state index is 12.0. The molecule has 0 bridgehead atoms. The predicted octanol–water partition coefficient (Wildman–Crippen LogP) is 4.25. The molecule has 0 spiro atoms. The van der Waals surface area contributed by atoms with Crippen LogP contribution in [0.2, 0.25) is 0 Å². The lowest BCUT2D eigenvalue weighted by Crippen LogP contribution is -2.29. The van der Waals surface area contributed by atoms with Gasteiger partial charge in [-0.2, -0.15) is 0 Å². The van der Waals surface area contributed by atoms with Gasteiger partial charge < -0.3 is 20.1 Å². The van der Waals surface area contributed by atoms with E-state index in [2.05, 4.69) is 11.4 Å². The Balaban J connectivity index is 4.30. The summed E-state index contributed by atoms with van der Waals surface area (Å²) in [5.41, 5.74) is 5.23. The second-order valence-electron chi connectivity index (χ2n) is 7.51. The second kappa shape index (κ2) is 19.7. The summed E-state index contributed by atoms with van der Waals surface area (Å²) >= 11 is 0. The van der Waals surface area contributed by atoms with E-state index >= 15 is 0 Å². The van der Waals surface area contributed by atoms with E-state index in [4.69, 9.17) is 19.7 Å². The van der Waals surface area contributed by atoms with Gasteiger partial charge >= 0.3 is 19.8 Å². The van der Waals surface area contributed by atoms with Crippen LogP contribution in [-0.2, 0) is 32.7 Å². The van der Waals surface area contributed by atoms with Gasteiger partial charge in [0.25, 0.3) is 0 Å². The van der Waals surface area contributed by atoms with Gasteiger partial charge in [-0.25, -0.2) is 4.57 Å². The third kappa shape index (κ3) is 19.4. The zero-order chi connectivity index (χ0) is 23.4. The van der Waals surface area contributed by atoms with E-state index in [1.54, 1.807) is 0 Å². The van der Waals surface area contributed by atoms with Crippen LogP contribution in [0.4, 0.5) is 0 Å². The van der Waals surface area contributed by atoms with Crippen LogP contribution >= 0.6 is 7.82 Å². The minimum absolute atomic E-state index is 0.0553. The molecule has 0 aliphatic heterocycles. The Morgan fingerprint density at radius 2 is 1.42 bits per heavy atom. The summed E-state index contributed by atoms with van der Waals surface area (Å²) in [6.07, 6.45) is 9.93. The average Bonchev–Trinajstić information content (AvgIpc) is 2.74. The molecule has 0 radical (unpaired) electrons. The molecule has 0 saturated heterocycles. The Morgan fingerprint density at radius 1 is 0.839 bits per heavy atom. The zero-order valence-corrected chi connectivity index (χ0v) is 20.1. The van der Waals surface area contributed by atoms with Crippen molar-refractivity contribution in [2.45, 2.75) is 97.0 Å². The molecule has 0 heterocycles. The van der Waals surface area contributed by atoms with E-state index < -0.39 is 32.5 Å². The maximum atomic E-state index is 12.0. The van der Waals surface area contributed by atoms with Crippen molar-refractivity contribution in [3.63, 3.8) is 0 Å². The molecule has 31 heavy (non-hydrogen) atoms. The Hall–Kier alpha value is -0.990. The van der Waals surface area contributed by atoms with Crippen molar-refractivity contribution in [1.82, 2.24) is 0 Å². The topological polar surface area (TPSA) is 134 Å². The summed E-state index contributed by atoms with van der Waals surface area (Å²) in [6, 6.07) is 0. The molecular formula is C21H42NO8P. The van der Waals surface area contributed by atoms with Gasteiger partial charge in [-0.05, 0) is 12.8 Å². The molecule has 0 aromatic carbocycles. The molecule has 0 aromatic heterocycles. The van der Waals surface area contributed by atoms with Crippen molar-refractivity contribution < 1.29 is 37.6 Å². The minimum atomic E-state index is -4.32. The van der Waals surface area contributed by atoms with Gasteiger partial charge in [0, 0.05) is 19.4 Å². The number of rotatable bonds is 21. The van der Waals surface area contributed by atoms with Crippen LogP contribution in [0.5, 0.6) is 0 Å². The third-order valence-electron chi connectivity index (χ3n) is 4.49. The summed E-state index contributed by atoms with van der Waals surface area (Å²) < 4.78 is 31.7. The average molecular weight is 468 g/mol. The molecule has 184 valence electrons. The SMILES string of the molecule is CCCCCCCCCCC(=O)OC[C@H](COP(=O)(O)OCCN)OC(=O)CCCC. The van der Waals surface area contributed by atoms with Crippen LogP contribution in [-0.4, -0.2) is 49.3 Å². The van der Waals surface area contributed by atoms with Crippen LogP contribution in [0.1, 0.15) is 90.9 Å². The summed E-state index contributed by atoms with van der Waals surface area (Å²) in [5, 5.41) is 0. The number of carbonyl (C=O) groups excluding carboxylic acids is 2. The smallest absolute Gasteiger partial charge is 0.462 e. The number of carbonyl (C=O) groups is 2. The van der Waals surface area contributed by atoms with Crippen molar-refractivity contribution in [3.8, 4) is 0 Å². The number of ether oxygens (including phenoxy) is 2. The molecule has 0 aromatic rings. The molecule has 0 fully saturated rings. The fraction of sp³-hybridized carbons (Fsp3) is 0.905. The Bertz CT molecular complexity index is 518. The lowest BCUT2D eigenvalue weighted by molar-refractivity contribution is -0.161. The highest BCUT2D eigenvalue weighted by molar-refractivity contribution is 7.47. The van der Waals surface area contributed by atoms with Crippen molar-refractivity contribution >= 4 is 19.8 Å². The number of phosphoric acid groups is 1. The fourth-order valence-electron chi connectivity index (χ4n) is 2.73. The van der Waals surface area contributed by atoms with Crippen molar-refractivity contribution in [2.75, 3.05) is 26.4 Å². The van der Waals surface area contributed by atoms with Gasteiger partial charge in [-0.1, -0.05) is 65.2 Å². The zero-order valence-electron chi connectivity index (χ0n) is 19.2. The molecular weight excluding hydrogens is 425 g/mol. The number of hydrogen-bond donors (Lipinski definition) is 2. The highest BCUT2D eigenvalue weighted by Gasteiger charge is 2.25. The van der Waals surface area contributed by atoms with Gasteiger partial charge in [0.2, 0.25) is 0 Å². The van der Waals surface area contributed by atoms with Crippen LogP contribution in [0.15, 0.2) is 0 Å². The van der Waals surface area contributed by atoms with E-state index in [1.807, 2.05) is 6.92 Å². The van der Waals surface area contributed by atoms with E-state index in [0.29, 0.717) is 6.42 Å². The van der Waals surface area contributed by atoms with Crippen LogP contribution in [0.25, 0.3) is 0 Å². The molecule has 0 saturated carbocycles. The summed E-state index contributed by atoms with van der Waals surface area (Å²) in [7, 11) is -4.32. The second-order valence-corrected chi connectivity index (χ2v) is 8.96. The highest BCUT2D eigenvalue weighted by atomic mass is 31.2. The van der Waals surface area contributed by atoms with E-state index in [-0.39, 0.29) is 32.6 Å². The Morgan fingerprint density at radius 3 is 2.03 bits per heavy atom. The molecule has 0 rings (SSSR count). The molecule has 1 unspecified atom stereocenters. The van der Waals surface area contributed by atoms with Crippen LogP contribution in [0, 0.1) is 0 Å². The summed E-state index contributed by atoms with van der Waals surface area (Å²) in [6.45, 7) is 3.36. The Labute approximate surface area is 186 Å². The molecule has 0 amide bonds. The van der Waals surface area contributed by atoms with Crippen LogP contribution in [0.3, 0.4) is 0 Å². The molecule has 2 atom stereocenters. The Kier molecular flexibility index (Phi) is 19.0. The number of unbranched alkanes of at least 4 members (excludes halogenated alkanes) is 8. The van der Waals surface area contributed by atoms with E-state index in [1.165, 1.54) is 32.1 Å². The normalized spacial score (nSPS) is 14.1. The highest BCUT2D eigenvalue weighted by Crippen LogP contribution is 2.43. The predicted molar refractivity (Wildman–Crippen MR) is 118 cm³/mol. The lowest BCUT2D eigenvalue weighted by Gasteiger charge is -2.19. The number of hydrogen-bond acceptors (Lipinski definition) is 8. The van der Waals surface area contributed by atoms with E-state index in [0.717, 1.165) is 25.7 Å². The largest absolute Gasteiger partial charge is 0.472 e. The van der Waals surface area contributed by atoms with Gasteiger partial charge in [-0.15, -0.1) is 0 Å². The quantitative estimate of drug-likeness (QED) is 0.144. The monoisotopic (exact) mass is 467 g/mol. The van der Waals surface area contributed by atoms with Crippen molar-refractivity contribution in [2.24, 2.45) is 5.73 Å². The fourth-order valence-corrected chi connectivity index (χ4v) is 3.49. The molecule has 10 heteroatoms. The maximum Gasteiger partial charge on any atom is 0.472 e. The van der Waals surface area contributed by atoms with Gasteiger partial charge in [0.1, 0.15) is 6.61 Å². The first-order valence-electron chi connectivity index (χ1n) is 11.5. The van der Waals surface area contributed by atoms with Gasteiger partial charge in [-0.3, -0.25) is 18.6 Å². The van der Waals surface area contributed by atoms with Crippen molar-refractivity contribution in [1.29, 1.82) is 0 Å². The first kappa shape index (κ1) is 30.0. The minimum Gasteiger partial charge on any atom is -0.462 e. The van der Waals surface area contributed by atoms with Crippen LogP contribution < -0.4 is 5.73 Å². The third-order valence-corrected chi connectivity index (χ3v) is 5.48. The first-order chi connectivity index (χ1) is 14.8. The molecule has 0 aliphatic rings. The number of esters is 2. The summed E-state index contributed by atoms with van der Waals surface area (Å²) in [5.74, 6) is -0.877. The van der Waals surface area contributed by atoms with E-state index in [9.17, 15) is 19.0 Å². The van der Waals surface area contributed by atoms with Gasteiger partial charge in [0.05, 0.1) is 13.2 Å². The molecule has 3 N–H and O–H groups in total.